The maximum absolute atomic E-state index is 15.4. The van der Waals surface area contributed by atoms with E-state index < -0.39 is 15.7 Å². The van der Waals surface area contributed by atoms with Crippen LogP contribution in [-0.4, -0.2) is 34.1 Å². The van der Waals surface area contributed by atoms with Gasteiger partial charge in [0, 0.05) is 41.8 Å². The van der Waals surface area contributed by atoms with Gasteiger partial charge in [0.2, 0.25) is 0 Å². The number of aryl methyl sites for hydroxylation is 2. The molecular formula is C23H23ClFN3O3S. The van der Waals surface area contributed by atoms with Gasteiger partial charge < -0.3 is 4.57 Å². The molecule has 2 aromatic carbocycles. The summed E-state index contributed by atoms with van der Waals surface area (Å²) in [6, 6.07) is 10.5. The molecule has 6 nitrogen and oxygen atoms in total. The molecular weight excluding hydrogens is 453 g/mol. The minimum atomic E-state index is -3.13. The fraction of sp³-hybridized carbons (Fsp3) is 0.348. The first-order chi connectivity index (χ1) is 15.2. The van der Waals surface area contributed by atoms with Crippen LogP contribution in [0.4, 0.5) is 4.39 Å². The molecule has 0 aliphatic heterocycles. The van der Waals surface area contributed by atoms with E-state index in [1.807, 2.05) is 16.7 Å². The predicted octanol–water partition coefficient (Wildman–Crippen LogP) is 4.52. The highest BCUT2D eigenvalue weighted by molar-refractivity contribution is 7.90. The number of nitrogens with zero attached hydrogens (tertiary/aromatic N) is 3. The molecule has 2 aromatic heterocycles. The third-order valence-corrected chi connectivity index (χ3v) is 7.39. The number of sulfone groups is 1. The van der Waals surface area contributed by atoms with Crippen molar-refractivity contribution >= 4 is 43.4 Å². The van der Waals surface area contributed by atoms with Crippen LogP contribution < -0.4 is 5.69 Å². The molecule has 0 bridgehead atoms. The Kier molecular flexibility index (Phi) is 4.98. The van der Waals surface area contributed by atoms with Gasteiger partial charge in [-0.1, -0.05) is 11.6 Å². The summed E-state index contributed by atoms with van der Waals surface area (Å²) in [7, 11) is -1.46. The van der Waals surface area contributed by atoms with Gasteiger partial charge in [0.05, 0.1) is 28.0 Å². The van der Waals surface area contributed by atoms with Crippen LogP contribution in [0.2, 0.25) is 5.02 Å². The zero-order chi connectivity index (χ0) is 22.8. The van der Waals surface area contributed by atoms with E-state index >= 15 is 4.39 Å². The fourth-order valence-corrected chi connectivity index (χ4v) is 5.39. The fourth-order valence-electron chi connectivity index (χ4n) is 4.55. The first kappa shape index (κ1) is 21.3. The molecule has 32 heavy (non-hydrogen) atoms. The van der Waals surface area contributed by atoms with E-state index in [4.69, 9.17) is 11.6 Å². The molecule has 0 radical (unpaired) electrons. The van der Waals surface area contributed by atoms with Crippen LogP contribution in [0.15, 0.2) is 41.2 Å². The van der Waals surface area contributed by atoms with Crippen molar-refractivity contribution in [1.82, 2.24) is 13.7 Å². The lowest BCUT2D eigenvalue weighted by molar-refractivity contribution is 0.593. The Hall–Kier alpha value is -2.58. The van der Waals surface area contributed by atoms with Gasteiger partial charge in [0.1, 0.15) is 15.7 Å². The highest BCUT2D eigenvalue weighted by atomic mass is 35.5. The van der Waals surface area contributed by atoms with E-state index in [-0.39, 0.29) is 17.5 Å². The summed E-state index contributed by atoms with van der Waals surface area (Å²) in [5, 5.41) is 1.39. The number of aromatic nitrogens is 3. The van der Waals surface area contributed by atoms with Crippen molar-refractivity contribution < 1.29 is 12.8 Å². The Morgan fingerprint density at radius 1 is 1.12 bits per heavy atom. The van der Waals surface area contributed by atoms with E-state index in [1.165, 1.54) is 16.9 Å². The van der Waals surface area contributed by atoms with Crippen LogP contribution in [0.5, 0.6) is 0 Å². The second-order valence-electron chi connectivity index (χ2n) is 8.60. The number of rotatable bonds is 6. The Morgan fingerprint density at radius 3 is 2.53 bits per heavy atom. The van der Waals surface area contributed by atoms with Crippen molar-refractivity contribution in [3.63, 3.8) is 0 Å². The molecule has 0 saturated heterocycles. The highest BCUT2D eigenvalue weighted by Gasteiger charge is 2.30. The first-order valence-corrected chi connectivity index (χ1v) is 13.0. The molecule has 0 spiro atoms. The molecule has 168 valence electrons. The molecule has 1 fully saturated rings. The summed E-state index contributed by atoms with van der Waals surface area (Å²) in [6.45, 7) is 0.390. The summed E-state index contributed by atoms with van der Waals surface area (Å²) >= 11 is 6.20. The number of benzene rings is 2. The van der Waals surface area contributed by atoms with E-state index in [1.54, 1.807) is 29.8 Å². The van der Waals surface area contributed by atoms with E-state index in [9.17, 15) is 13.2 Å². The van der Waals surface area contributed by atoms with Crippen LogP contribution in [0.3, 0.4) is 0 Å². The molecule has 1 saturated carbocycles. The second kappa shape index (κ2) is 7.49. The van der Waals surface area contributed by atoms with Gasteiger partial charge in [0.15, 0.2) is 0 Å². The molecule has 0 amide bonds. The molecule has 2 heterocycles. The third kappa shape index (κ3) is 3.55. The van der Waals surface area contributed by atoms with Gasteiger partial charge in [-0.15, -0.1) is 0 Å². The van der Waals surface area contributed by atoms with Crippen molar-refractivity contribution in [2.45, 2.75) is 31.8 Å². The lowest BCUT2D eigenvalue weighted by atomic mass is 10.1. The van der Waals surface area contributed by atoms with Gasteiger partial charge in [-0.3, -0.25) is 9.13 Å². The molecule has 1 aliphatic rings. The maximum atomic E-state index is 15.4. The van der Waals surface area contributed by atoms with Crippen molar-refractivity contribution in [3.8, 4) is 11.3 Å². The monoisotopic (exact) mass is 475 g/mol. The van der Waals surface area contributed by atoms with Gasteiger partial charge in [-0.25, -0.2) is 17.6 Å². The Bertz CT molecular complexity index is 1540. The smallest absolute Gasteiger partial charge is 0.329 e. The van der Waals surface area contributed by atoms with Gasteiger partial charge in [-0.05, 0) is 55.7 Å². The van der Waals surface area contributed by atoms with Crippen LogP contribution in [0.1, 0.15) is 25.3 Å². The average molecular weight is 476 g/mol. The zero-order valence-electron chi connectivity index (χ0n) is 17.8. The summed E-state index contributed by atoms with van der Waals surface area (Å²) in [4.78, 5) is 13.0. The van der Waals surface area contributed by atoms with Gasteiger partial charge in [-0.2, -0.15) is 0 Å². The number of fused-ring (bicyclic) bond motifs is 2. The van der Waals surface area contributed by atoms with Gasteiger partial charge >= 0.3 is 5.69 Å². The van der Waals surface area contributed by atoms with Crippen molar-refractivity contribution in [3.05, 3.63) is 57.7 Å². The largest absolute Gasteiger partial charge is 0.340 e. The van der Waals surface area contributed by atoms with Crippen LogP contribution in [0.25, 0.3) is 33.2 Å². The maximum Gasteiger partial charge on any atom is 0.329 e. The summed E-state index contributed by atoms with van der Waals surface area (Å²) < 4.78 is 43.9. The molecule has 0 atom stereocenters. The molecule has 4 aromatic rings. The van der Waals surface area contributed by atoms with Crippen LogP contribution in [0, 0.1) is 5.82 Å². The topological polar surface area (TPSA) is 66.0 Å². The molecule has 0 unspecified atom stereocenters. The number of hydrogen-bond acceptors (Lipinski definition) is 3. The van der Waals surface area contributed by atoms with E-state index in [0.29, 0.717) is 40.3 Å². The number of imidazole rings is 1. The van der Waals surface area contributed by atoms with E-state index in [2.05, 4.69) is 0 Å². The molecule has 1 aliphatic carbocycles. The normalized spacial score (nSPS) is 14.6. The lowest BCUT2D eigenvalue weighted by Crippen LogP contribution is -2.21. The van der Waals surface area contributed by atoms with Gasteiger partial charge in [0.25, 0.3) is 0 Å². The summed E-state index contributed by atoms with van der Waals surface area (Å²) in [5.74, 6) is -0.401. The van der Waals surface area contributed by atoms with E-state index in [0.717, 1.165) is 23.7 Å². The quantitative estimate of drug-likeness (QED) is 0.411. The summed E-state index contributed by atoms with van der Waals surface area (Å²) in [6.07, 6.45) is 3.47. The average Bonchev–Trinajstić information content (AvgIpc) is 3.44. The van der Waals surface area contributed by atoms with Crippen molar-refractivity contribution in [2.75, 3.05) is 12.0 Å². The minimum Gasteiger partial charge on any atom is -0.340 e. The third-order valence-electron chi connectivity index (χ3n) is 6.12. The minimum absolute atomic E-state index is 0.0307. The predicted molar refractivity (Wildman–Crippen MR) is 126 cm³/mol. The second-order valence-corrected chi connectivity index (χ2v) is 11.3. The zero-order valence-corrected chi connectivity index (χ0v) is 19.4. The summed E-state index contributed by atoms with van der Waals surface area (Å²) in [5.41, 5.74) is 2.87. The van der Waals surface area contributed by atoms with Crippen molar-refractivity contribution in [1.29, 1.82) is 0 Å². The number of hydrogen-bond donors (Lipinski definition) is 0. The van der Waals surface area contributed by atoms with Crippen molar-refractivity contribution in [2.24, 2.45) is 7.05 Å². The lowest BCUT2D eigenvalue weighted by Gasteiger charge is -2.13. The molecule has 0 N–H and O–H groups in total. The number of halogens is 2. The molecule has 9 heteroatoms. The van der Waals surface area contributed by atoms with Crippen LogP contribution >= 0.6 is 11.6 Å². The SMILES string of the molecule is Cn1c(=O)n(C2CC2)c2ccc(F)c(-c3cc4cc(Cl)ccc4n3CCCS(C)(=O)=O)c21. The Morgan fingerprint density at radius 2 is 1.84 bits per heavy atom. The molecule has 5 rings (SSSR count). The first-order valence-electron chi connectivity index (χ1n) is 10.5. The Labute approximate surface area is 189 Å². The highest BCUT2D eigenvalue weighted by Crippen LogP contribution is 2.40. The standard InChI is InChI=1S/C23H23ClFN3O3S/c1-26-22-19(28(23(26)29)16-5-6-16)9-7-17(25)21(22)20-13-14-12-15(24)4-8-18(14)27(20)10-3-11-32(2,30)31/h4,7-9,12-13,16H,3,5-6,10-11H2,1-2H3. The Balaban J connectivity index is 1.77. The van der Waals surface area contributed by atoms with Crippen LogP contribution in [-0.2, 0) is 23.4 Å².